The molecule has 6 heteroatoms. The van der Waals surface area contributed by atoms with E-state index in [1.54, 1.807) is 26.0 Å². The summed E-state index contributed by atoms with van der Waals surface area (Å²) in [6.45, 7) is 4.13. The maximum absolute atomic E-state index is 12.0. The molecule has 0 unspecified atom stereocenters. The highest BCUT2D eigenvalue weighted by atomic mass is 16.5. The minimum atomic E-state index is -0.511. The monoisotopic (exact) mass is 277 g/mol. The summed E-state index contributed by atoms with van der Waals surface area (Å²) < 4.78 is 5.16. The van der Waals surface area contributed by atoms with Crippen LogP contribution in [0.15, 0.2) is 12.1 Å². The Hall–Kier alpha value is -2.24. The van der Waals surface area contributed by atoms with E-state index >= 15 is 0 Å². The lowest BCUT2D eigenvalue weighted by molar-refractivity contribution is 0.0379. The van der Waals surface area contributed by atoms with Crippen molar-refractivity contribution in [3.63, 3.8) is 0 Å². The van der Waals surface area contributed by atoms with Gasteiger partial charge in [-0.05, 0) is 44.4 Å². The van der Waals surface area contributed by atoms with Crippen LogP contribution in [0.1, 0.15) is 36.2 Å². The summed E-state index contributed by atoms with van der Waals surface area (Å²) in [6.07, 6.45) is 1.27. The summed E-state index contributed by atoms with van der Waals surface area (Å²) in [5, 5.41) is 0. The normalized spacial score (nSPS) is 14.1. The second-order valence-electron chi connectivity index (χ2n) is 5.07. The van der Waals surface area contributed by atoms with E-state index in [4.69, 9.17) is 16.2 Å². The van der Waals surface area contributed by atoms with Crippen LogP contribution in [0.3, 0.4) is 0 Å². The number of carbonyl (C=O) groups excluding carboxylic acids is 2. The summed E-state index contributed by atoms with van der Waals surface area (Å²) in [6, 6.07) is 2.77. The molecule has 2 amide bonds. The van der Waals surface area contributed by atoms with E-state index in [0.29, 0.717) is 29.9 Å². The molecule has 1 heterocycles. The van der Waals surface area contributed by atoms with Crippen LogP contribution in [0, 0.1) is 0 Å². The van der Waals surface area contributed by atoms with Gasteiger partial charge in [0.2, 0.25) is 0 Å². The molecule has 1 aromatic carbocycles. The molecule has 0 saturated carbocycles. The van der Waals surface area contributed by atoms with Crippen LogP contribution in [0.5, 0.6) is 0 Å². The van der Waals surface area contributed by atoms with Crippen molar-refractivity contribution in [1.29, 1.82) is 0 Å². The number of primary amides is 1. The quantitative estimate of drug-likeness (QED) is 0.634. The SMILES string of the molecule is CC(C)OC(=O)c1ccc2c(c1N)CCCN2C(N)=O. The molecular formula is C14H19N3O3. The number of anilines is 2. The van der Waals surface area contributed by atoms with E-state index < -0.39 is 12.0 Å². The first-order valence-corrected chi connectivity index (χ1v) is 6.61. The Bertz CT molecular complexity index is 555. The fourth-order valence-corrected chi connectivity index (χ4v) is 2.39. The largest absolute Gasteiger partial charge is 0.459 e. The van der Waals surface area contributed by atoms with Gasteiger partial charge in [-0.1, -0.05) is 0 Å². The molecule has 0 saturated heterocycles. The lowest BCUT2D eigenvalue weighted by atomic mass is 9.97. The summed E-state index contributed by atoms with van der Waals surface area (Å²) in [4.78, 5) is 24.9. The number of hydrogen-bond donors (Lipinski definition) is 2. The number of esters is 1. The van der Waals surface area contributed by atoms with Crippen molar-refractivity contribution in [3.05, 3.63) is 23.3 Å². The van der Waals surface area contributed by atoms with E-state index in [0.717, 1.165) is 12.0 Å². The van der Waals surface area contributed by atoms with Crippen LogP contribution in [-0.4, -0.2) is 24.6 Å². The molecule has 20 heavy (non-hydrogen) atoms. The standard InChI is InChI=1S/C14H19N3O3/c1-8(2)20-13(18)10-5-6-11-9(12(10)15)4-3-7-17(11)14(16)19/h5-6,8H,3-4,7,15H2,1-2H3,(H2,16,19). The first-order valence-electron chi connectivity index (χ1n) is 6.61. The Morgan fingerprint density at radius 2 is 2.05 bits per heavy atom. The molecule has 0 aromatic heterocycles. The summed E-state index contributed by atoms with van der Waals surface area (Å²) >= 11 is 0. The van der Waals surface area contributed by atoms with E-state index in [-0.39, 0.29) is 6.10 Å². The van der Waals surface area contributed by atoms with Gasteiger partial charge in [0.05, 0.1) is 23.0 Å². The third kappa shape index (κ3) is 2.54. The van der Waals surface area contributed by atoms with Crippen molar-refractivity contribution in [2.24, 2.45) is 5.73 Å². The number of nitrogens with zero attached hydrogens (tertiary/aromatic N) is 1. The van der Waals surface area contributed by atoms with E-state index in [1.807, 2.05) is 0 Å². The number of amides is 2. The second-order valence-corrected chi connectivity index (χ2v) is 5.07. The number of ether oxygens (including phenoxy) is 1. The van der Waals surface area contributed by atoms with Gasteiger partial charge in [0.15, 0.2) is 0 Å². The molecule has 0 aliphatic carbocycles. The maximum atomic E-state index is 12.0. The van der Waals surface area contributed by atoms with Crippen LogP contribution in [-0.2, 0) is 11.2 Å². The zero-order valence-corrected chi connectivity index (χ0v) is 11.7. The molecule has 1 aromatic rings. The van der Waals surface area contributed by atoms with Crippen LogP contribution < -0.4 is 16.4 Å². The van der Waals surface area contributed by atoms with Gasteiger partial charge in [0, 0.05) is 6.54 Å². The van der Waals surface area contributed by atoms with Crippen LogP contribution in [0.4, 0.5) is 16.2 Å². The molecule has 1 aliphatic heterocycles. The molecule has 0 atom stereocenters. The maximum Gasteiger partial charge on any atom is 0.340 e. The van der Waals surface area contributed by atoms with E-state index in [1.165, 1.54) is 4.90 Å². The van der Waals surface area contributed by atoms with Gasteiger partial charge >= 0.3 is 12.0 Å². The molecule has 0 radical (unpaired) electrons. The molecule has 6 nitrogen and oxygen atoms in total. The number of nitrogens with two attached hydrogens (primary N) is 2. The minimum absolute atomic E-state index is 0.208. The van der Waals surface area contributed by atoms with Gasteiger partial charge in [0.1, 0.15) is 0 Å². The molecule has 2 rings (SSSR count). The zero-order valence-electron chi connectivity index (χ0n) is 11.7. The molecule has 0 spiro atoms. The third-order valence-corrected chi connectivity index (χ3v) is 3.26. The Morgan fingerprint density at radius 3 is 2.65 bits per heavy atom. The Balaban J connectivity index is 2.41. The average Bonchev–Trinajstić information content (AvgIpc) is 2.37. The average molecular weight is 277 g/mol. The highest BCUT2D eigenvalue weighted by Gasteiger charge is 2.25. The van der Waals surface area contributed by atoms with Crippen molar-refractivity contribution in [1.82, 2.24) is 0 Å². The number of fused-ring (bicyclic) bond motifs is 1. The number of rotatable bonds is 2. The molecule has 0 fully saturated rings. The lowest BCUT2D eigenvalue weighted by Gasteiger charge is -2.29. The number of benzene rings is 1. The van der Waals surface area contributed by atoms with Gasteiger partial charge < -0.3 is 16.2 Å². The second kappa shape index (κ2) is 5.40. The number of nitrogen functional groups attached to an aromatic ring is 1. The summed E-state index contributed by atoms with van der Waals surface area (Å²) in [5.41, 5.74) is 13.6. The smallest absolute Gasteiger partial charge is 0.340 e. The first-order chi connectivity index (χ1) is 9.41. The molecule has 1 aliphatic rings. The zero-order chi connectivity index (χ0) is 14.9. The molecule has 108 valence electrons. The molecular weight excluding hydrogens is 258 g/mol. The summed E-state index contributed by atoms with van der Waals surface area (Å²) in [5.74, 6) is -0.448. The molecule has 4 N–H and O–H groups in total. The molecule has 0 bridgehead atoms. The van der Waals surface area contributed by atoms with Crippen LogP contribution in [0.25, 0.3) is 0 Å². The predicted octanol–water partition coefficient (Wildman–Crippen LogP) is 1.67. The Labute approximate surface area is 117 Å². The summed E-state index contributed by atoms with van der Waals surface area (Å²) in [7, 11) is 0. The van der Waals surface area contributed by atoms with Gasteiger partial charge in [0.25, 0.3) is 0 Å². The fraction of sp³-hybridized carbons (Fsp3) is 0.429. The van der Waals surface area contributed by atoms with Crippen molar-refractivity contribution >= 4 is 23.4 Å². The highest BCUT2D eigenvalue weighted by Crippen LogP contribution is 2.33. The van der Waals surface area contributed by atoms with Crippen molar-refractivity contribution < 1.29 is 14.3 Å². The predicted molar refractivity (Wildman–Crippen MR) is 76.7 cm³/mol. The Morgan fingerprint density at radius 1 is 1.35 bits per heavy atom. The van der Waals surface area contributed by atoms with Gasteiger partial charge in [-0.25, -0.2) is 9.59 Å². The number of hydrogen-bond acceptors (Lipinski definition) is 4. The number of carbonyl (C=O) groups is 2. The van der Waals surface area contributed by atoms with Gasteiger partial charge in [-0.15, -0.1) is 0 Å². The van der Waals surface area contributed by atoms with Crippen molar-refractivity contribution in [2.45, 2.75) is 32.8 Å². The Kier molecular flexibility index (Phi) is 3.83. The van der Waals surface area contributed by atoms with Crippen LogP contribution in [0.2, 0.25) is 0 Å². The van der Waals surface area contributed by atoms with Crippen molar-refractivity contribution in [2.75, 3.05) is 17.2 Å². The van der Waals surface area contributed by atoms with Crippen LogP contribution >= 0.6 is 0 Å². The highest BCUT2D eigenvalue weighted by molar-refractivity contribution is 6.00. The van der Waals surface area contributed by atoms with Crippen molar-refractivity contribution in [3.8, 4) is 0 Å². The third-order valence-electron chi connectivity index (χ3n) is 3.26. The number of urea groups is 1. The van der Waals surface area contributed by atoms with E-state index in [2.05, 4.69) is 0 Å². The first kappa shape index (κ1) is 14.2. The lowest BCUT2D eigenvalue weighted by Crippen LogP contribution is -2.39. The fourth-order valence-electron chi connectivity index (χ4n) is 2.39. The minimum Gasteiger partial charge on any atom is -0.459 e. The van der Waals surface area contributed by atoms with Gasteiger partial charge in [-0.2, -0.15) is 0 Å². The topological polar surface area (TPSA) is 98.7 Å². The van der Waals surface area contributed by atoms with Gasteiger partial charge in [-0.3, -0.25) is 4.90 Å². The van der Waals surface area contributed by atoms with E-state index in [9.17, 15) is 9.59 Å².